The molecular weight excluding hydrogens is 329 g/mol. The van der Waals surface area contributed by atoms with Crippen molar-refractivity contribution in [1.29, 1.82) is 0 Å². The molecule has 1 N–H and O–H groups in total. The first kappa shape index (κ1) is 14.8. The predicted molar refractivity (Wildman–Crippen MR) is 98.1 cm³/mol. The third-order valence-electron chi connectivity index (χ3n) is 4.59. The van der Waals surface area contributed by atoms with Gasteiger partial charge >= 0.3 is 0 Å². The molecule has 0 aliphatic rings. The Morgan fingerprint density at radius 1 is 1.08 bits per heavy atom. The number of nitrogens with zero attached hydrogens (tertiary/aromatic N) is 4. The van der Waals surface area contributed by atoms with E-state index in [1.54, 1.807) is 12.3 Å². The lowest BCUT2D eigenvalue weighted by Crippen LogP contribution is -2.00. The van der Waals surface area contributed by atoms with Crippen LogP contribution in [-0.2, 0) is 6.54 Å². The van der Waals surface area contributed by atoms with Crippen LogP contribution in [-0.4, -0.2) is 24.7 Å². The Balaban J connectivity index is 1.57. The number of aromatic amines is 1. The second-order valence-electron chi connectivity index (χ2n) is 6.17. The number of halogens is 1. The summed E-state index contributed by atoms with van der Waals surface area (Å²) >= 11 is 0. The van der Waals surface area contributed by atoms with Crippen LogP contribution < -0.4 is 0 Å². The van der Waals surface area contributed by atoms with Crippen molar-refractivity contribution >= 4 is 21.9 Å². The first-order chi connectivity index (χ1) is 12.8. The summed E-state index contributed by atoms with van der Waals surface area (Å²) < 4.78 is 16.0. The van der Waals surface area contributed by atoms with Crippen LogP contribution in [0.5, 0.6) is 0 Å². The van der Waals surface area contributed by atoms with Gasteiger partial charge in [-0.25, -0.2) is 14.4 Å². The second-order valence-corrected chi connectivity index (χ2v) is 6.17. The SMILES string of the molecule is Fc1ccccc1Cn1ccc2cc(-c3[nH]nc4ncncc34)ccc21. The Morgan fingerprint density at radius 2 is 2.00 bits per heavy atom. The Labute approximate surface area is 148 Å². The van der Waals surface area contributed by atoms with E-state index >= 15 is 0 Å². The van der Waals surface area contributed by atoms with Gasteiger partial charge in [-0.1, -0.05) is 24.3 Å². The summed E-state index contributed by atoms with van der Waals surface area (Å²) in [7, 11) is 0. The number of hydrogen-bond acceptors (Lipinski definition) is 3. The van der Waals surface area contributed by atoms with Crippen molar-refractivity contribution in [2.45, 2.75) is 6.54 Å². The molecule has 0 fully saturated rings. The van der Waals surface area contributed by atoms with Crippen molar-refractivity contribution in [3.63, 3.8) is 0 Å². The number of rotatable bonds is 3. The van der Waals surface area contributed by atoms with Gasteiger partial charge in [-0.3, -0.25) is 5.10 Å². The minimum absolute atomic E-state index is 0.185. The second kappa shape index (κ2) is 5.77. The number of nitrogens with one attached hydrogen (secondary N) is 1. The third-order valence-corrected chi connectivity index (χ3v) is 4.59. The quantitative estimate of drug-likeness (QED) is 0.535. The summed E-state index contributed by atoms with van der Waals surface area (Å²) in [5, 5.41) is 9.23. The van der Waals surface area contributed by atoms with E-state index in [1.165, 1.54) is 12.4 Å². The maximum Gasteiger partial charge on any atom is 0.184 e. The average molecular weight is 343 g/mol. The molecule has 0 aliphatic carbocycles. The smallest absolute Gasteiger partial charge is 0.184 e. The molecule has 6 heteroatoms. The monoisotopic (exact) mass is 343 g/mol. The number of H-pyrrole nitrogens is 1. The zero-order valence-electron chi connectivity index (χ0n) is 13.7. The van der Waals surface area contributed by atoms with Gasteiger partial charge in [0.25, 0.3) is 0 Å². The Kier molecular flexibility index (Phi) is 3.28. The molecule has 0 saturated carbocycles. The molecule has 3 aromatic heterocycles. The van der Waals surface area contributed by atoms with Gasteiger partial charge in [0.15, 0.2) is 5.65 Å². The normalized spacial score (nSPS) is 11.4. The van der Waals surface area contributed by atoms with Crippen LogP contribution in [0.3, 0.4) is 0 Å². The predicted octanol–water partition coefficient (Wildman–Crippen LogP) is 4.16. The number of aromatic nitrogens is 5. The molecule has 5 aromatic rings. The summed E-state index contributed by atoms with van der Waals surface area (Å²) in [5.41, 5.74) is 4.28. The van der Waals surface area contributed by atoms with Crippen LogP contribution >= 0.6 is 0 Å². The Hall–Kier alpha value is -3.54. The lowest BCUT2D eigenvalue weighted by Gasteiger charge is -2.07. The topological polar surface area (TPSA) is 59.4 Å². The van der Waals surface area contributed by atoms with E-state index < -0.39 is 0 Å². The Morgan fingerprint density at radius 3 is 2.92 bits per heavy atom. The molecule has 3 heterocycles. The maximum absolute atomic E-state index is 13.9. The lowest BCUT2D eigenvalue weighted by atomic mass is 10.1. The third kappa shape index (κ3) is 2.35. The van der Waals surface area contributed by atoms with Gasteiger partial charge in [-0.2, -0.15) is 5.10 Å². The van der Waals surface area contributed by atoms with Crippen molar-refractivity contribution in [3.8, 4) is 11.3 Å². The first-order valence-corrected chi connectivity index (χ1v) is 8.26. The molecule has 0 aliphatic heterocycles. The minimum atomic E-state index is -0.185. The van der Waals surface area contributed by atoms with Crippen LogP contribution in [0.1, 0.15) is 5.56 Å². The van der Waals surface area contributed by atoms with E-state index in [0.717, 1.165) is 27.5 Å². The highest BCUT2D eigenvalue weighted by Gasteiger charge is 2.11. The van der Waals surface area contributed by atoms with Crippen LogP contribution in [0.2, 0.25) is 0 Å². The fourth-order valence-electron chi connectivity index (χ4n) is 3.28. The van der Waals surface area contributed by atoms with Gasteiger partial charge in [0.1, 0.15) is 12.1 Å². The summed E-state index contributed by atoms with van der Waals surface area (Å²) in [6.07, 6.45) is 5.22. The first-order valence-electron chi connectivity index (χ1n) is 8.26. The molecule has 0 bridgehead atoms. The molecular formula is C20H14FN5. The molecule has 2 aromatic carbocycles. The van der Waals surface area contributed by atoms with Gasteiger partial charge in [0, 0.05) is 34.4 Å². The van der Waals surface area contributed by atoms with Crippen LogP contribution in [0.4, 0.5) is 4.39 Å². The van der Waals surface area contributed by atoms with E-state index in [9.17, 15) is 4.39 Å². The van der Waals surface area contributed by atoms with E-state index in [1.807, 2.05) is 41.1 Å². The van der Waals surface area contributed by atoms with Gasteiger partial charge < -0.3 is 4.57 Å². The molecule has 0 unspecified atom stereocenters. The molecule has 0 saturated heterocycles. The summed E-state index contributed by atoms with van der Waals surface area (Å²) in [4.78, 5) is 8.24. The van der Waals surface area contributed by atoms with Crippen molar-refractivity contribution in [1.82, 2.24) is 24.7 Å². The largest absolute Gasteiger partial charge is 0.343 e. The van der Waals surface area contributed by atoms with Crippen molar-refractivity contribution in [2.75, 3.05) is 0 Å². The molecule has 126 valence electrons. The number of hydrogen-bond donors (Lipinski definition) is 1. The molecule has 0 amide bonds. The van der Waals surface area contributed by atoms with E-state index in [-0.39, 0.29) is 5.82 Å². The highest BCUT2D eigenvalue weighted by Crippen LogP contribution is 2.28. The minimum Gasteiger partial charge on any atom is -0.343 e. The lowest BCUT2D eigenvalue weighted by molar-refractivity contribution is 0.602. The van der Waals surface area contributed by atoms with E-state index in [2.05, 4.69) is 26.2 Å². The van der Waals surface area contributed by atoms with Crippen molar-refractivity contribution in [2.24, 2.45) is 0 Å². The fraction of sp³-hybridized carbons (Fsp3) is 0.0500. The van der Waals surface area contributed by atoms with Crippen molar-refractivity contribution in [3.05, 3.63) is 78.6 Å². The molecule has 0 spiro atoms. The van der Waals surface area contributed by atoms with Gasteiger partial charge in [-0.15, -0.1) is 0 Å². The average Bonchev–Trinajstić information content (AvgIpc) is 3.27. The fourth-order valence-corrected chi connectivity index (χ4v) is 3.28. The van der Waals surface area contributed by atoms with Gasteiger partial charge in [0.05, 0.1) is 17.6 Å². The van der Waals surface area contributed by atoms with Gasteiger partial charge in [0.2, 0.25) is 0 Å². The highest BCUT2D eigenvalue weighted by molar-refractivity contribution is 5.93. The summed E-state index contributed by atoms with van der Waals surface area (Å²) in [6, 6.07) is 15.1. The molecule has 0 radical (unpaired) electrons. The summed E-state index contributed by atoms with van der Waals surface area (Å²) in [5.74, 6) is -0.185. The van der Waals surface area contributed by atoms with Crippen LogP contribution in [0.15, 0.2) is 67.3 Å². The standard InChI is InChI=1S/C20H14FN5/c21-17-4-2-1-3-15(17)11-26-8-7-13-9-14(5-6-18(13)26)19-16-10-22-12-23-20(16)25-24-19/h1-10,12H,11H2,(H,22,23,24,25). The maximum atomic E-state index is 13.9. The molecule has 5 rings (SSSR count). The molecule has 26 heavy (non-hydrogen) atoms. The number of fused-ring (bicyclic) bond motifs is 2. The van der Waals surface area contributed by atoms with E-state index in [0.29, 0.717) is 17.8 Å². The van der Waals surface area contributed by atoms with Crippen LogP contribution in [0, 0.1) is 5.82 Å². The van der Waals surface area contributed by atoms with Gasteiger partial charge in [-0.05, 0) is 24.3 Å². The zero-order valence-corrected chi connectivity index (χ0v) is 13.7. The van der Waals surface area contributed by atoms with Crippen molar-refractivity contribution < 1.29 is 4.39 Å². The summed E-state index contributed by atoms with van der Waals surface area (Å²) in [6.45, 7) is 0.496. The van der Waals surface area contributed by atoms with Crippen LogP contribution in [0.25, 0.3) is 33.2 Å². The highest BCUT2D eigenvalue weighted by atomic mass is 19.1. The van der Waals surface area contributed by atoms with E-state index in [4.69, 9.17) is 0 Å². The molecule has 5 nitrogen and oxygen atoms in total. The molecule has 0 atom stereocenters. The Bertz CT molecular complexity index is 1240. The number of benzene rings is 2. The zero-order chi connectivity index (χ0) is 17.5.